The Bertz CT molecular complexity index is 446. The number of H-pyrrole nitrogens is 1. The van der Waals surface area contributed by atoms with Crippen molar-refractivity contribution in [3.63, 3.8) is 0 Å². The van der Waals surface area contributed by atoms with Gasteiger partial charge >= 0.3 is 0 Å². The molecule has 2 aromatic rings. The first kappa shape index (κ1) is 11.3. The van der Waals surface area contributed by atoms with Crippen molar-refractivity contribution in [2.75, 3.05) is 7.11 Å². The fourth-order valence-electron chi connectivity index (χ4n) is 1.42. The number of methoxy groups -OCH3 is 1. The molecule has 2 rings (SSSR count). The van der Waals surface area contributed by atoms with Gasteiger partial charge in [-0.2, -0.15) is 5.10 Å². The normalized spacial score (nSPS) is 14.9. The number of thiophene rings is 1. The minimum absolute atomic E-state index is 0.386. The van der Waals surface area contributed by atoms with Crippen molar-refractivity contribution in [2.24, 2.45) is 0 Å². The van der Waals surface area contributed by atoms with Crippen LogP contribution in [0.25, 0.3) is 10.7 Å². The lowest BCUT2D eigenvalue weighted by atomic mass is 10.0. The molecule has 0 saturated heterocycles. The van der Waals surface area contributed by atoms with Crippen molar-refractivity contribution < 1.29 is 4.74 Å². The Morgan fingerprint density at radius 2 is 2.38 bits per heavy atom. The van der Waals surface area contributed by atoms with E-state index < -0.39 is 0 Å². The van der Waals surface area contributed by atoms with Gasteiger partial charge in [0.1, 0.15) is 5.60 Å². The Hall–Kier alpha value is -1.20. The second-order valence-electron chi connectivity index (χ2n) is 3.77. The highest BCUT2D eigenvalue weighted by molar-refractivity contribution is 7.13. The third-order valence-corrected chi connectivity index (χ3v) is 3.72. The maximum Gasteiger partial charge on any atom is 0.191 e. The van der Waals surface area contributed by atoms with E-state index in [1.807, 2.05) is 24.4 Å². The molecule has 0 aliphatic carbocycles. The van der Waals surface area contributed by atoms with Gasteiger partial charge < -0.3 is 4.74 Å². The zero-order valence-electron chi connectivity index (χ0n) is 9.65. The Morgan fingerprint density at radius 3 is 2.94 bits per heavy atom. The molecule has 1 atom stereocenters. The summed E-state index contributed by atoms with van der Waals surface area (Å²) in [5.41, 5.74) is -0.386. The molecule has 1 unspecified atom stereocenters. The first-order valence-corrected chi connectivity index (χ1v) is 6.09. The number of aromatic amines is 1. The molecule has 0 aliphatic heterocycles. The number of aromatic nitrogens is 3. The Morgan fingerprint density at radius 1 is 1.56 bits per heavy atom. The maximum absolute atomic E-state index is 5.47. The second-order valence-corrected chi connectivity index (χ2v) is 4.72. The lowest BCUT2D eigenvalue weighted by Gasteiger charge is -2.23. The van der Waals surface area contributed by atoms with Gasteiger partial charge in [-0.25, -0.2) is 4.98 Å². The van der Waals surface area contributed by atoms with Gasteiger partial charge in [0.15, 0.2) is 11.6 Å². The average molecular weight is 237 g/mol. The number of nitrogens with one attached hydrogen (secondary N) is 1. The van der Waals surface area contributed by atoms with Crippen LogP contribution in [0.5, 0.6) is 0 Å². The van der Waals surface area contributed by atoms with Gasteiger partial charge in [-0.1, -0.05) is 13.0 Å². The van der Waals surface area contributed by atoms with E-state index in [-0.39, 0.29) is 5.60 Å². The Balaban J connectivity index is 2.33. The zero-order chi connectivity index (χ0) is 11.6. The summed E-state index contributed by atoms with van der Waals surface area (Å²) in [6.45, 7) is 4.07. The summed E-state index contributed by atoms with van der Waals surface area (Å²) in [6, 6.07) is 4.00. The lowest BCUT2D eigenvalue weighted by Crippen LogP contribution is -2.24. The average Bonchev–Trinajstić information content (AvgIpc) is 2.97. The van der Waals surface area contributed by atoms with Gasteiger partial charge in [-0.05, 0) is 24.8 Å². The standard InChI is InChI=1S/C11H15N3OS/c1-4-11(2,15-3)10-12-9(13-14-10)8-6-5-7-16-8/h5-7H,4H2,1-3H3,(H,12,13,14). The SMILES string of the molecule is CCC(C)(OC)c1nc(-c2cccs2)n[nH]1. The fraction of sp³-hybridized carbons (Fsp3) is 0.455. The predicted octanol–water partition coefficient (Wildman–Crippen LogP) is 2.80. The van der Waals surface area contributed by atoms with Crippen molar-refractivity contribution in [1.29, 1.82) is 0 Å². The molecular weight excluding hydrogens is 222 g/mol. The summed E-state index contributed by atoms with van der Waals surface area (Å²) in [4.78, 5) is 5.55. The molecule has 0 spiro atoms. The van der Waals surface area contributed by atoms with Crippen LogP contribution in [0.15, 0.2) is 17.5 Å². The summed E-state index contributed by atoms with van der Waals surface area (Å²) < 4.78 is 5.47. The fourth-order valence-corrected chi connectivity index (χ4v) is 2.08. The van der Waals surface area contributed by atoms with E-state index >= 15 is 0 Å². The molecule has 4 nitrogen and oxygen atoms in total. The van der Waals surface area contributed by atoms with Crippen LogP contribution in [0.4, 0.5) is 0 Å². The smallest absolute Gasteiger partial charge is 0.191 e. The molecule has 2 heterocycles. The topological polar surface area (TPSA) is 50.8 Å². The van der Waals surface area contributed by atoms with E-state index in [1.54, 1.807) is 18.4 Å². The third-order valence-electron chi connectivity index (χ3n) is 2.85. The summed E-state index contributed by atoms with van der Waals surface area (Å²) >= 11 is 1.63. The van der Waals surface area contributed by atoms with Gasteiger partial charge in [-0.3, -0.25) is 5.10 Å². The molecule has 2 aromatic heterocycles. The molecule has 16 heavy (non-hydrogen) atoms. The first-order chi connectivity index (χ1) is 7.69. The molecule has 1 N–H and O–H groups in total. The quantitative estimate of drug-likeness (QED) is 0.889. The minimum Gasteiger partial charge on any atom is -0.371 e. The summed E-state index contributed by atoms with van der Waals surface area (Å²) in [5, 5.41) is 9.19. The zero-order valence-corrected chi connectivity index (χ0v) is 10.5. The molecule has 0 fully saturated rings. The molecule has 0 radical (unpaired) electrons. The Labute approximate surface area is 98.7 Å². The van der Waals surface area contributed by atoms with Gasteiger partial charge in [0.05, 0.1) is 4.88 Å². The van der Waals surface area contributed by atoms with Gasteiger partial charge in [0, 0.05) is 7.11 Å². The van der Waals surface area contributed by atoms with Crippen molar-refractivity contribution in [3.05, 3.63) is 23.3 Å². The van der Waals surface area contributed by atoms with E-state index in [0.717, 1.165) is 22.9 Å². The van der Waals surface area contributed by atoms with Crippen molar-refractivity contribution in [3.8, 4) is 10.7 Å². The van der Waals surface area contributed by atoms with Gasteiger partial charge in [0.2, 0.25) is 0 Å². The van der Waals surface area contributed by atoms with E-state index in [9.17, 15) is 0 Å². The van der Waals surface area contributed by atoms with E-state index in [4.69, 9.17) is 4.74 Å². The molecule has 0 bridgehead atoms. The van der Waals surface area contributed by atoms with E-state index in [0.29, 0.717) is 0 Å². The van der Waals surface area contributed by atoms with E-state index in [2.05, 4.69) is 22.1 Å². The summed E-state index contributed by atoms with van der Waals surface area (Å²) in [7, 11) is 1.69. The summed E-state index contributed by atoms with van der Waals surface area (Å²) in [5.74, 6) is 1.52. The van der Waals surface area contributed by atoms with Crippen LogP contribution in [0.2, 0.25) is 0 Å². The van der Waals surface area contributed by atoms with Crippen LogP contribution in [-0.4, -0.2) is 22.3 Å². The largest absolute Gasteiger partial charge is 0.371 e. The molecule has 0 aromatic carbocycles. The second kappa shape index (κ2) is 4.35. The number of hydrogen-bond acceptors (Lipinski definition) is 4. The highest BCUT2D eigenvalue weighted by atomic mass is 32.1. The van der Waals surface area contributed by atoms with Crippen LogP contribution in [0.3, 0.4) is 0 Å². The number of ether oxygens (including phenoxy) is 1. The number of rotatable bonds is 4. The van der Waals surface area contributed by atoms with Crippen molar-refractivity contribution in [1.82, 2.24) is 15.2 Å². The highest BCUT2D eigenvalue weighted by Gasteiger charge is 2.28. The van der Waals surface area contributed by atoms with Crippen LogP contribution >= 0.6 is 11.3 Å². The van der Waals surface area contributed by atoms with E-state index in [1.165, 1.54) is 0 Å². The van der Waals surface area contributed by atoms with Crippen LogP contribution in [0, 0.1) is 0 Å². The molecule has 86 valence electrons. The molecular formula is C11H15N3OS. The van der Waals surface area contributed by atoms with Crippen molar-refractivity contribution >= 4 is 11.3 Å². The molecule has 0 amide bonds. The number of nitrogens with zero attached hydrogens (tertiary/aromatic N) is 2. The maximum atomic E-state index is 5.47. The van der Waals surface area contributed by atoms with Crippen molar-refractivity contribution in [2.45, 2.75) is 25.9 Å². The lowest BCUT2D eigenvalue weighted by molar-refractivity contribution is -0.00864. The minimum atomic E-state index is -0.386. The molecule has 0 aliphatic rings. The van der Waals surface area contributed by atoms with Gasteiger partial charge in [0.25, 0.3) is 0 Å². The monoisotopic (exact) mass is 237 g/mol. The molecule has 5 heteroatoms. The highest BCUT2D eigenvalue weighted by Crippen LogP contribution is 2.27. The van der Waals surface area contributed by atoms with Crippen LogP contribution in [0.1, 0.15) is 26.1 Å². The predicted molar refractivity (Wildman–Crippen MR) is 64.3 cm³/mol. The first-order valence-electron chi connectivity index (χ1n) is 5.21. The summed E-state index contributed by atoms with van der Waals surface area (Å²) in [6.07, 6.45) is 0.850. The van der Waals surface area contributed by atoms with Crippen LogP contribution < -0.4 is 0 Å². The Kier molecular flexibility index (Phi) is 3.07. The van der Waals surface area contributed by atoms with Gasteiger partial charge in [-0.15, -0.1) is 11.3 Å². The molecule has 0 saturated carbocycles. The van der Waals surface area contributed by atoms with Crippen LogP contribution in [-0.2, 0) is 10.3 Å². The number of hydrogen-bond donors (Lipinski definition) is 1. The third kappa shape index (κ3) is 1.88.